The van der Waals surface area contributed by atoms with Crippen molar-refractivity contribution in [3.8, 4) is 0 Å². The highest BCUT2D eigenvalue weighted by atomic mass is 32.2. The number of sulfone groups is 1. The molecule has 2 unspecified atom stereocenters. The zero-order valence-corrected chi connectivity index (χ0v) is 12.4. The second-order valence-electron chi connectivity index (χ2n) is 5.08. The fourth-order valence-electron chi connectivity index (χ4n) is 1.67. The van der Waals surface area contributed by atoms with Gasteiger partial charge in [0, 0.05) is 0 Å². The Labute approximate surface area is 115 Å². The molecule has 1 rings (SSSR count). The van der Waals surface area contributed by atoms with E-state index in [1.807, 2.05) is 0 Å². The highest BCUT2D eigenvalue weighted by Crippen LogP contribution is 2.17. The molecule has 0 spiro atoms. The Morgan fingerprint density at radius 1 is 1.05 bits per heavy atom. The molecule has 4 nitrogen and oxygen atoms in total. The number of aryl methyl sites for hydroxylation is 1. The van der Waals surface area contributed by atoms with Crippen molar-refractivity contribution >= 4 is 9.84 Å². The number of aliphatic hydroxyl groups excluding tert-OH is 2. The highest BCUT2D eigenvalue weighted by Gasteiger charge is 2.18. The van der Waals surface area contributed by atoms with E-state index in [0.29, 0.717) is 17.7 Å². The number of hydrogen-bond donors (Lipinski definition) is 2. The number of benzene rings is 1. The third kappa shape index (κ3) is 4.30. The summed E-state index contributed by atoms with van der Waals surface area (Å²) in [6, 6.07) is 6.70. The Hall–Kier alpha value is -0.910. The van der Waals surface area contributed by atoms with Crippen LogP contribution in [0.3, 0.4) is 0 Å². The molecule has 2 atom stereocenters. The van der Waals surface area contributed by atoms with Crippen molar-refractivity contribution in [3.63, 3.8) is 0 Å². The lowest BCUT2D eigenvalue weighted by Gasteiger charge is -2.13. The summed E-state index contributed by atoms with van der Waals surface area (Å²) in [7, 11) is -3.23. The van der Waals surface area contributed by atoms with Gasteiger partial charge in [0.15, 0.2) is 9.84 Å². The normalized spacial score (nSPS) is 15.5. The van der Waals surface area contributed by atoms with Gasteiger partial charge in [-0.3, -0.25) is 0 Å². The van der Waals surface area contributed by atoms with Gasteiger partial charge in [-0.05, 0) is 51.3 Å². The minimum absolute atomic E-state index is 0.322. The molecule has 0 aliphatic carbocycles. The molecule has 5 heteroatoms. The lowest BCUT2D eigenvalue weighted by Crippen LogP contribution is -2.22. The molecule has 0 bridgehead atoms. The van der Waals surface area contributed by atoms with Crippen molar-refractivity contribution < 1.29 is 18.6 Å². The average molecular weight is 286 g/mol. The Balaban J connectivity index is 2.73. The van der Waals surface area contributed by atoms with Crippen LogP contribution < -0.4 is 0 Å². The molecule has 0 radical (unpaired) electrons. The first-order valence-electron chi connectivity index (χ1n) is 6.44. The van der Waals surface area contributed by atoms with Crippen LogP contribution in [0.2, 0.25) is 0 Å². The van der Waals surface area contributed by atoms with Gasteiger partial charge in [0.05, 0.1) is 22.4 Å². The molecule has 0 fully saturated rings. The summed E-state index contributed by atoms with van der Waals surface area (Å²) in [5.74, 6) is 0. The van der Waals surface area contributed by atoms with Gasteiger partial charge in [-0.25, -0.2) is 8.42 Å². The summed E-state index contributed by atoms with van der Waals surface area (Å²) in [5, 5.41) is 18.2. The third-order valence-electron chi connectivity index (χ3n) is 3.16. The van der Waals surface area contributed by atoms with Gasteiger partial charge in [-0.15, -0.1) is 0 Å². The molecule has 0 aliphatic rings. The van der Waals surface area contributed by atoms with E-state index in [1.165, 1.54) is 0 Å². The minimum atomic E-state index is -3.23. The second kappa shape index (κ2) is 6.50. The van der Waals surface area contributed by atoms with Crippen LogP contribution in [0, 0.1) is 0 Å². The fraction of sp³-hybridized carbons (Fsp3) is 0.571. The van der Waals surface area contributed by atoms with Crippen LogP contribution in [0.15, 0.2) is 29.2 Å². The van der Waals surface area contributed by atoms with Crippen LogP contribution in [-0.2, 0) is 16.3 Å². The second-order valence-corrected chi connectivity index (χ2v) is 7.59. The topological polar surface area (TPSA) is 74.6 Å². The van der Waals surface area contributed by atoms with E-state index in [4.69, 9.17) is 0 Å². The largest absolute Gasteiger partial charge is 0.391 e. The minimum Gasteiger partial charge on any atom is -0.391 e. The zero-order valence-electron chi connectivity index (χ0n) is 11.6. The van der Waals surface area contributed by atoms with Crippen LogP contribution in [-0.4, -0.2) is 36.1 Å². The molecule has 1 aromatic rings. The maximum atomic E-state index is 11.9. The van der Waals surface area contributed by atoms with Crippen LogP contribution in [0.1, 0.15) is 32.8 Å². The van der Waals surface area contributed by atoms with Crippen molar-refractivity contribution in [2.45, 2.75) is 56.0 Å². The van der Waals surface area contributed by atoms with Crippen molar-refractivity contribution in [2.75, 3.05) is 0 Å². The third-order valence-corrected chi connectivity index (χ3v) is 5.33. The number of rotatable bonds is 6. The maximum absolute atomic E-state index is 11.9. The van der Waals surface area contributed by atoms with E-state index in [-0.39, 0.29) is 0 Å². The van der Waals surface area contributed by atoms with Gasteiger partial charge in [-0.2, -0.15) is 0 Å². The Kier molecular flexibility index (Phi) is 5.52. The lowest BCUT2D eigenvalue weighted by molar-refractivity contribution is 0.0265. The first kappa shape index (κ1) is 16.1. The molecule has 0 amide bonds. The van der Waals surface area contributed by atoms with Gasteiger partial charge in [0.25, 0.3) is 0 Å². The molecule has 0 aliphatic heterocycles. The molecule has 0 aromatic heterocycles. The maximum Gasteiger partial charge on any atom is 0.180 e. The van der Waals surface area contributed by atoms with Crippen molar-refractivity contribution in [1.82, 2.24) is 0 Å². The predicted octanol–water partition coefficient (Wildman–Crippen LogP) is 1.54. The van der Waals surface area contributed by atoms with Crippen molar-refractivity contribution in [2.24, 2.45) is 0 Å². The van der Waals surface area contributed by atoms with Gasteiger partial charge in [0.1, 0.15) is 0 Å². The van der Waals surface area contributed by atoms with Gasteiger partial charge in [0.2, 0.25) is 0 Å². The zero-order chi connectivity index (χ0) is 14.6. The van der Waals surface area contributed by atoms with E-state index >= 15 is 0 Å². The summed E-state index contributed by atoms with van der Waals surface area (Å²) < 4.78 is 23.9. The molecule has 0 heterocycles. The molecule has 2 N–H and O–H groups in total. The van der Waals surface area contributed by atoms with Crippen molar-refractivity contribution in [1.29, 1.82) is 0 Å². The van der Waals surface area contributed by atoms with E-state index in [9.17, 15) is 18.6 Å². The van der Waals surface area contributed by atoms with E-state index in [1.54, 1.807) is 45.0 Å². The monoisotopic (exact) mass is 286 g/mol. The standard InChI is InChI=1S/C14H22O4S/c1-10(2)19(17,18)13-7-4-12(5-8-13)6-9-14(16)11(3)15/h4-5,7-8,10-11,14-16H,6,9H2,1-3H3. The van der Waals surface area contributed by atoms with Gasteiger partial charge < -0.3 is 10.2 Å². The van der Waals surface area contributed by atoms with Crippen LogP contribution in [0.25, 0.3) is 0 Å². The van der Waals surface area contributed by atoms with Gasteiger partial charge >= 0.3 is 0 Å². The Morgan fingerprint density at radius 3 is 2.00 bits per heavy atom. The first-order chi connectivity index (χ1) is 8.75. The summed E-state index contributed by atoms with van der Waals surface area (Å²) >= 11 is 0. The van der Waals surface area contributed by atoms with Crippen LogP contribution in [0.5, 0.6) is 0 Å². The first-order valence-corrected chi connectivity index (χ1v) is 7.98. The number of hydrogen-bond acceptors (Lipinski definition) is 4. The predicted molar refractivity (Wildman–Crippen MR) is 74.8 cm³/mol. The van der Waals surface area contributed by atoms with Gasteiger partial charge in [-0.1, -0.05) is 12.1 Å². The van der Waals surface area contributed by atoms with E-state index in [0.717, 1.165) is 5.56 Å². The van der Waals surface area contributed by atoms with Crippen LogP contribution >= 0.6 is 0 Å². The average Bonchev–Trinajstić information content (AvgIpc) is 2.36. The lowest BCUT2D eigenvalue weighted by atomic mass is 10.0. The van der Waals surface area contributed by atoms with E-state index < -0.39 is 27.3 Å². The molecule has 0 saturated carbocycles. The fourth-order valence-corrected chi connectivity index (χ4v) is 2.73. The molecule has 1 aromatic carbocycles. The Bertz CT molecular complexity index is 489. The Morgan fingerprint density at radius 2 is 1.58 bits per heavy atom. The summed E-state index contributed by atoms with van der Waals surface area (Å²) in [5.41, 5.74) is 0.947. The van der Waals surface area contributed by atoms with Crippen molar-refractivity contribution in [3.05, 3.63) is 29.8 Å². The quantitative estimate of drug-likeness (QED) is 0.832. The summed E-state index contributed by atoms with van der Waals surface area (Å²) in [4.78, 5) is 0.322. The SMILES string of the molecule is CC(O)C(O)CCc1ccc(S(=O)(=O)C(C)C)cc1. The molecule has 108 valence electrons. The van der Waals surface area contributed by atoms with Crippen LogP contribution in [0.4, 0.5) is 0 Å². The molecule has 0 saturated heterocycles. The molecular formula is C14H22O4S. The molecule has 19 heavy (non-hydrogen) atoms. The molecular weight excluding hydrogens is 264 g/mol. The highest BCUT2D eigenvalue weighted by molar-refractivity contribution is 7.92. The van der Waals surface area contributed by atoms with E-state index in [2.05, 4.69) is 0 Å². The summed E-state index contributed by atoms with van der Waals surface area (Å²) in [6.07, 6.45) is -0.443. The summed E-state index contributed by atoms with van der Waals surface area (Å²) in [6.45, 7) is 4.85. The number of aliphatic hydroxyl groups is 2. The smallest absolute Gasteiger partial charge is 0.180 e.